The third-order valence-corrected chi connectivity index (χ3v) is 5.90. The number of rotatable bonds is 8. The van der Waals surface area contributed by atoms with E-state index in [9.17, 15) is 0 Å². The summed E-state index contributed by atoms with van der Waals surface area (Å²) in [4.78, 5) is 4.59. The fraction of sp³-hybridized carbons (Fsp3) is 0.577. The van der Waals surface area contributed by atoms with Crippen molar-refractivity contribution in [1.29, 1.82) is 0 Å². The van der Waals surface area contributed by atoms with Crippen molar-refractivity contribution in [2.75, 3.05) is 6.54 Å². The minimum Gasteiger partial charge on any atom is -0.293 e. The highest BCUT2D eigenvalue weighted by Gasteiger charge is 2.26. The largest absolute Gasteiger partial charge is 0.293 e. The fourth-order valence-electron chi connectivity index (χ4n) is 4.15. The number of unbranched alkanes of at least 4 members (excludes halogenated alkanes) is 1. The molecule has 0 saturated heterocycles. The lowest BCUT2D eigenvalue weighted by Gasteiger charge is -2.32. The molecule has 0 atom stereocenters. The summed E-state index contributed by atoms with van der Waals surface area (Å²) in [5.41, 5.74) is 7.63. The Balaban J connectivity index is 2.01. The van der Waals surface area contributed by atoms with Crippen molar-refractivity contribution in [3.8, 4) is 0 Å². The van der Waals surface area contributed by atoms with Gasteiger partial charge in [0.05, 0.1) is 0 Å². The summed E-state index contributed by atoms with van der Waals surface area (Å²) in [5, 5.41) is 0. The van der Waals surface area contributed by atoms with E-state index in [1.54, 1.807) is 5.57 Å². The van der Waals surface area contributed by atoms with E-state index in [1.165, 1.54) is 73.7 Å². The molecule has 0 unspecified atom stereocenters. The van der Waals surface area contributed by atoms with E-state index in [-0.39, 0.29) is 0 Å². The average Bonchev–Trinajstić information content (AvgIpc) is 3.05. The molecule has 2 aliphatic carbocycles. The van der Waals surface area contributed by atoms with Gasteiger partial charge in [0.15, 0.2) is 0 Å². The number of hydrogen-bond donors (Lipinski definition) is 0. The molecule has 0 amide bonds. The molecule has 0 aliphatic heterocycles. The van der Waals surface area contributed by atoms with Crippen molar-refractivity contribution in [3.05, 3.63) is 58.2 Å². The van der Waals surface area contributed by atoms with Crippen molar-refractivity contribution in [1.82, 2.24) is 0 Å². The zero-order valence-corrected chi connectivity index (χ0v) is 18.3. The van der Waals surface area contributed by atoms with Gasteiger partial charge in [-0.25, -0.2) is 0 Å². The highest BCUT2D eigenvalue weighted by Crippen LogP contribution is 2.40. The third kappa shape index (κ3) is 6.79. The second kappa shape index (κ2) is 10.6. The van der Waals surface area contributed by atoms with E-state index < -0.39 is 0 Å². The highest BCUT2D eigenvalue weighted by atomic mass is 14.7. The van der Waals surface area contributed by atoms with Crippen molar-refractivity contribution >= 4 is 6.21 Å². The van der Waals surface area contributed by atoms with Crippen LogP contribution in [0.4, 0.5) is 0 Å². The van der Waals surface area contributed by atoms with Crippen LogP contribution in [-0.2, 0) is 0 Å². The molecule has 2 aliphatic rings. The maximum atomic E-state index is 4.59. The van der Waals surface area contributed by atoms with Gasteiger partial charge in [0, 0.05) is 12.8 Å². The van der Waals surface area contributed by atoms with Gasteiger partial charge in [-0.2, -0.15) is 0 Å². The molecule has 0 fully saturated rings. The number of aliphatic imine (C=N–C) groups is 1. The molecular formula is C26H39N. The van der Waals surface area contributed by atoms with E-state index in [0.29, 0.717) is 5.41 Å². The van der Waals surface area contributed by atoms with Crippen molar-refractivity contribution in [2.45, 2.75) is 86.0 Å². The van der Waals surface area contributed by atoms with Crippen LogP contribution in [0.5, 0.6) is 0 Å². The Labute approximate surface area is 167 Å². The van der Waals surface area contributed by atoms with Gasteiger partial charge in [-0.1, -0.05) is 68.7 Å². The Morgan fingerprint density at radius 3 is 2.59 bits per heavy atom. The second-order valence-electron chi connectivity index (χ2n) is 8.83. The zero-order valence-electron chi connectivity index (χ0n) is 18.3. The molecule has 0 spiro atoms. The van der Waals surface area contributed by atoms with Crippen LogP contribution in [0.15, 0.2) is 63.2 Å². The number of nitrogens with zero attached hydrogens (tertiary/aromatic N) is 1. The van der Waals surface area contributed by atoms with Gasteiger partial charge in [-0.15, -0.1) is 0 Å². The van der Waals surface area contributed by atoms with Crippen LogP contribution in [0.25, 0.3) is 0 Å². The molecule has 0 aromatic carbocycles. The molecule has 0 aromatic rings. The van der Waals surface area contributed by atoms with Gasteiger partial charge in [0.25, 0.3) is 0 Å². The van der Waals surface area contributed by atoms with Gasteiger partial charge in [0.1, 0.15) is 0 Å². The molecule has 0 N–H and O–H groups in total. The lowest BCUT2D eigenvalue weighted by molar-refractivity contribution is 0.377. The smallest absolute Gasteiger partial charge is 0.0389 e. The molecule has 0 saturated carbocycles. The Morgan fingerprint density at radius 1 is 1.07 bits per heavy atom. The second-order valence-corrected chi connectivity index (χ2v) is 8.83. The first-order valence-corrected chi connectivity index (χ1v) is 10.9. The van der Waals surface area contributed by atoms with Gasteiger partial charge >= 0.3 is 0 Å². The lowest BCUT2D eigenvalue weighted by Crippen LogP contribution is -2.19. The Morgan fingerprint density at radius 2 is 1.85 bits per heavy atom. The fourth-order valence-corrected chi connectivity index (χ4v) is 4.15. The average molecular weight is 366 g/mol. The van der Waals surface area contributed by atoms with Crippen LogP contribution < -0.4 is 0 Å². The Bertz CT molecular complexity index is 677. The summed E-state index contributed by atoms with van der Waals surface area (Å²) in [7, 11) is 0. The van der Waals surface area contributed by atoms with Crippen LogP contribution in [0.3, 0.4) is 0 Å². The number of hydrogen-bond acceptors (Lipinski definition) is 1. The van der Waals surface area contributed by atoms with E-state index >= 15 is 0 Å². The molecule has 0 bridgehead atoms. The summed E-state index contributed by atoms with van der Waals surface area (Å²) in [6.07, 6.45) is 23.4. The molecule has 0 heterocycles. The van der Waals surface area contributed by atoms with Crippen LogP contribution in [-0.4, -0.2) is 12.8 Å². The van der Waals surface area contributed by atoms with E-state index in [0.717, 1.165) is 6.54 Å². The van der Waals surface area contributed by atoms with Crippen LogP contribution in [0.1, 0.15) is 86.0 Å². The summed E-state index contributed by atoms with van der Waals surface area (Å²) < 4.78 is 0. The molecule has 2 rings (SSSR count). The van der Waals surface area contributed by atoms with Crippen molar-refractivity contribution < 1.29 is 0 Å². The van der Waals surface area contributed by atoms with Crippen LogP contribution in [0, 0.1) is 5.41 Å². The lowest BCUT2D eigenvalue weighted by atomic mass is 9.72. The van der Waals surface area contributed by atoms with E-state index in [2.05, 4.69) is 76.2 Å². The highest BCUT2D eigenvalue weighted by molar-refractivity contribution is 5.81. The molecule has 1 nitrogen and oxygen atoms in total. The molecule has 0 radical (unpaired) electrons. The molecule has 27 heavy (non-hydrogen) atoms. The molecular weight excluding hydrogens is 326 g/mol. The first-order valence-electron chi connectivity index (χ1n) is 10.9. The van der Waals surface area contributed by atoms with Crippen LogP contribution in [0.2, 0.25) is 0 Å². The molecule has 1 heteroatoms. The van der Waals surface area contributed by atoms with E-state index in [1.807, 2.05) is 0 Å². The van der Waals surface area contributed by atoms with Gasteiger partial charge in [-0.05, 0) is 80.9 Å². The summed E-state index contributed by atoms with van der Waals surface area (Å²) in [5.74, 6) is 0. The first kappa shape index (κ1) is 21.7. The van der Waals surface area contributed by atoms with E-state index in [4.69, 9.17) is 0 Å². The van der Waals surface area contributed by atoms with Crippen LogP contribution >= 0.6 is 0 Å². The summed E-state index contributed by atoms with van der Waals surface area (Å²) >= 11 is 0. The minimum absolute atomic E-state index is 0.315. The topological polar surface area (TPSA) is 12.4 Å². The maximum absolute atomic E-state index is 4.59. The zero-order chi connectivity index (χ0) is 19.7. The van der Waals surface area contributed by atoms with Gasteiger partial charge in [0.2, 0.25) is 0 Å². The minimum atomic E-state index is 0.315. The standard InChI is InChI=1S/C26H39N/c1-6-7-19-27-20-24-15-9-14-23(24)13-8-11-21(2)16-17-25-22(3)12-10-18-26(25,4)5/h8,11,13,16-17,20H,6-7,9-10,12,14-15,18-19H2,1-5H3/b13-8+,17-16+,21-11+,27-20?. The Hall–Kier alpha value is -1.63. The van der Waals surface area contributed by atoms with Gasteiger partial charge < -0.3 is 0 Å². The predicted octanol–water partition coefficient (Wildman–Crippen LogP) is 7.92. The predicted molar refractivity (Wildman–Crippen MR) is 122 cm³/mol. The summed E-state index contributed by atoms with van der Waals surface area (Å²) in [6, 6.07) is 0. The first-order chi connectivity index (χ1) is 12.9. The SMILES string of the molecule is CCCCN=CC1=C(/C=C/C=C(C)/C=C/C2=C(C)CCCC2(C)C)CCC1. The summed E-state index contributed by atoms with van der Waals surface area (Å²) in [6.45, 7) is 12.4. The van der Waals surface area contributed by atoms with Crippen molar-refractivity contribution in [3.63, 3.8) is 0 Å². The molecule has 0 aromatic heterocycles. The Kier molecular flexibility index (Phi) is 8.54. The van der Waals surface area contributed by atoms with Crippen molar-refractivity contribution in [2.24, 2.45) is 10.4 Å². The third-order valence-electron chi connectivity index (χ3n) is 5.90. The normalized spacial score (nSPS) is 21.6. The quantitative estimate of drug-likeness (QED) is 0.235. The number of allylic oxidation sites excluding steroid dienone is 10. The van der Waals surface area contributed by atoms with Gasteiger partial charge in [-0.3, -0.25) is 4.99 Å². The maximum Gasteiger partial charge on any atom is 0.0389 e. The monoisotopic (exact) mass is 365 g/mol. The molecule has 148 valence electrons.